The number of carbonyl (C=O) groups excluding carboxylic acids is 2. The summed E-state index contributed by atoms with van der Waals surface area (Å²) in [6, 6.07) is 15.6. The van der Waals surface area contributed by atoms with Crippen molar-refractivity contribution in [2.75, 3.05) is 5.32 Å². The lowest BCUT2D eigenvalue weighted by atomic mass is 10.1. The maximum Gasteiger partial charge on any atom is 0.258 e. The molecule has 2 aromatic carbocycles. The molecule has 5 nitrogen and oxygen atoms in total. The number of hydrogen-bond donors (Lipinski definition) is 1. The third-order valence-electron chi connectivity index (χ3n) is 3.46. The first-order valence-electron chi connectivity index (χ1n) is 7.21. The molecule has 0 spiro atoms. The lowest BCUT2D eigenvalue weighted by Crippen LogP contribution is -2.26. The van der Waals surface area contributed by atoms with Crippen molar-refractivity contribution in [3.63, 3.8) is 0 Å². The summed E-state index contributed by atoms with van der Waals surface area (Å²) in [4.78, 5) is 28.9. The van der Waals surface area contributed by atoms with E-state index in [-0.39, 0.29) is 11.1 Å². The molecule has 24 heavy (non-hydrogen) atoms. The van der Waals surface area contributed by atoms with Crippen LogP contribution in [0.25, 0.3) is 11.3 Å². The second-order valence-electron chi connectivity index (χ2n) is 5.08. The van der Waals surface area contributed by atoms with E-state index < -0.39 is 11.9 Å². The highest BCUT2D eigenvalue weighted by Crippen LogP contribution is 2.30. The minimum atomic E-state index is -1.39. The van der Waals surface area contributed by atoms with E-state index in [2.05, 4.69) is 10.3 Å². The van der Waals surface area contributed by atoms with Crippen LogP contribution in [-0.2, 0) is 0 Å². The van der Waals surface area contributed by atoms with Gasteiger partial charge in [-0.3, -0.25) is 10.1 Å². The number of nitrogens with one attached hydrogen (secondary N) is 1. The third kappa shape index (κ3) is 3.18. The van der Waals surface area contributed by atoms with Gasteiger partial charge in [0.05, 0.1) is 11.7 Å². The Morgan fingerprint density at radius 3 is 2.29 bits per heavy atom. The van der Waals surface area contributed by atoms with Gasteiger partial charge >= 0.3 is 0 Å². The van der Waals surface area contributed by atoms with Crippen molar-refractivity contribution in [3.8, 4) is 11.3 Å². The zero-order valence-corrected chi connectivity index (χ0v) is 13.6. The number of hydrogen-bond acceptors (Lipinski definition) is 5. The van der Waals surface area contributed by atoms with Gasteiger partial charge in [0.1, 0.15) is 0 Å². The van der Waals surface area contributed by atoms with E-state index in [0.717, 1.165) is 16.1 Å². The van der Waals surface area contributed by atoms with Crippen molar-refractivity contribution in [2.45, 2.75) is 6.92 Å². The summed E-state index contributed by atoms with van der Waals surface area (Å²) < 4.78 is 0. The van der Waals surface area contributed by atoms with Crippen LogP contribution in [0.3, 0.4) is 0 Å². The maximum absolute atomic E-state index is 12.4. The Balaban J connectivity index is 1.88. The van der Waals surface area contributed by atoms with Crippen molar-refractivity contribution >= 4 is 28.3 Å². The van der Waals surface area contributed by atoms with E-state index in [4.69, 9.17) is 0 Å². The molecule has 0 fully saturated rings. The Kier molecular flexibility index (Phi) is 4.39. The average molecular weight is 337 g/mol. The first-order valence-corrected chi connectivity index (χ1v) is 8.02. The van der Waals surface area contributed by atoms with Crippen molar-refractivity contribution in [2.24, 2.45) is 0 Å². The molecule has 1 amide bonds. The lowest BCUT2D eigenvalue weighted by molar-refractivity contribution is -0.255. The van der Waals surface area contributed by atoms with Crippen LogP contribution in [0.2, 0.25) is 0 Å². The summed E-state index contributed by atoms with van der Waals surface area (Å²) >= 11 is 1.34. The molecule has 0 radical (unpaired) electrons. The van der Waals surface area contributed by atoms with Crippen LogP contribution in [0.5, 0.6) is 0 Å². The minimum Gasteiger partial charge on any atom is -0.545 e. The SMILES string of the molecule is Cc1sc(NC(=O)c2ccccc2C(=O)[O-])nc1-c1ccccc1. The summed E-state index contributed by atoms with van der Waals surface area (Å²) in [6.45, 7) is 1.92. The molecule has 3 aromatic rings. The van der Waals surface area contributed by atoms with Gasteiger partial charge in [-0.15, -0.1) is 11.3 Å². The summed E-state index contributed by atoms with van der Waals surface area (Å²) in [6.07, 6.45) is 0. The van der Waals surface area contributed by atoms with Crippen LogP contribution >= 0.6 is 11.3 Å². The van der Waals surface area contributed by atoms with Gasteiger partial charge in [0.15, 0.2) is 5.13 Å². The molecule has 0 aliphatic heterocycles. The van der Waals surface area contributed by atoms with Crippen LogP contribution < -0.4 is 10.4 Å². The maximum atomic E-state index is 12.4. The molecule has 0 aliphatic rings. The molecule has 0 unspecified atom stereocenters. The Labute approximate surface area is 142 Å². The monoisotopic (exact) mass is 337 g/mol. The molecular formula is C18H13N2O3S-. The van der Waals surface area contributed by atoms with Gasteiger partial charge in [0.2, 0.25) is 0 Å². The number of aromatic nitrogens is 1. The zero-order valence-electron chi connectivity index (χ0n) is 12.8. The van der Waals surface area contributed by atoms with E-state index in [1.165, 1.54) is 23.5 Å². The summed E-state index contributed by atoms with van der Waals surface area (Å²) in [5.41, 5.74) is 1.66. The fraction of sp³-hybridized carbons (Fsp3) is 0.0556. The molecule has 0 saturated carbocycles. The van der Waals surface area contributed by atoms with Gasteiger partial charge in [-0.05, 0) is 13.0 Å². The number of aryl methyl sites for hydroxylation is 1. The highest BCUT2D eigenvalue weighted by atomic mass is 32.1. The number of nitrogens with zero attached hydrogens (tertiary/aromatic N) is 1. The predicted molar refractivity (Wildman–Crippen MR) is 91.0 cm³/mol. The van der Waals surface area contributed by atoms with Crippen LogP contribution in [0.4, 0.5) is 5.13 Å². The largest absolute Gasteiger partial charge is 0.545 e. The molecular weight excluding hydrogens is 324 g/mol. The molecule has 1 N–H and O–H groups in total. The number of amides is 1. The molecule has 120 valence electrons. The van der Waals surface area contributed by atoms with E-state index in [0.29, 0.717) is 5.13 Å². The molecule has 0 aliphatic carbocycles. The van der Waals surface area contributed by atoms with E-state index >= 15 is 0 Å². The predicted octanol–water partition coefficient (Wildman–Crippen LogP) is 2.73. The molecule has 1 heterocycles. The standard InChI is InChI=1S/C18H14N2O3S/c1-11-15(12-7-3-2-4-8-12)19-18(24-11)20-16(21)13-9-5-6-10-14(13)17(22)23/h2-10H,1H3,(H,22,23)(H,19,20,21)/p-1. The summed E-state index contributed by atoms with van der Waals surface area (Å²) in [5, 5.41) is 14.2. The number of thiazole rings is 1. The second-order valence-corrected chi connectivity index (χ2v) is 6.28. The first kappa shape index (κ1) is 15.9. The van der Waals surface area contributed by atoms with Gasteiger partial charge in [0.25, 0.3) is 5.91 Å². The van der Waals surface area contributed by atoms with E-state index in [1.807, 2.05) is 37.3 Å². The second kappa shape index (κ2) is 6.64. The topological polar surface area (TPSA) is 82.1 Å². The molecule has 3 rings (SSSR count). The fourth-order valence-corrected chi connectivity index (χ4v) is 3.17. The number of carboxylic acid groups (broad SMARTS) is 1. The minimum absolute atomic E-state index is 0.0478. The number of aromatic carboxylic acids is 1. The van der Waals surface area contributed by atoms with E-state index in [9.17, 15) is 14.7 Å². The molecule has 0 bridgehead atoms. The number of carboxylic acids is 1. The highest BCUT2D eigenvalue weighted by molar-refractivity contribution is 7.16. The zero-order chi connectivity index (χ0) is 17.1. The van der Waals surface area contributed by atoms with Crippen LogP contribution in [0.15, 0.2) is 54.6 Å². The average Bonchev–Trinajstić information content (AvgIpc) is 2.96. The van der Waals surface area contributed by atoms with Gasteiger partial charge in [-0.25, -0.2) is 4.98 Å². The van der Waals surface area contributed by atoms with Crippen molar-refractivity contribution in [1.82, 2.24) is 4.98 Å². The fourth-order valence-electron chi connectivity index (χ4n) is 2.34. The van der Waals surface area contributed by atoms with Crippen LogP contribution in [0.1, 0.15) is 25.6 Å². The Morgan fingerprint density at radius 1 is 1.00 bits per heavy atom. The van der Waals surface area contributed by atoms with Crippen LogP contribution in [0, 0.1) is 6.92 Å². The lowest BCUT2D eigenvalue weighted by Gasteiger charge is -2.09. The molecule has 0 atom stereocenters. The Bertz CT molecular complexity index is 904. The first-order chi connectivity index (χ1) is 11.6. The summed E-state index contributed by atoms with van der Waals surface area (Å²) in [5.74, 6) is -1.91. The van der Waals surface area contributed by atoms with Gasteiger partial charge in [-0.1, -0.05) is 48.5 Å². The van der Waals surface area contributed by atoms with Crippen molar-refractivity contribution in [3.05, 3.63) is 70.6 Å². The van der Waals surface area contributed by atoms with Gasteiger partial charge < -0.3 is 9.90 Å². The third-order valence-corrected chi connectivity index (χ3v) is 4.34. The Morgan fingerprint density at radius 2 is 1.62 bits per heavy atom. The highest BCUT2D eigenvalue weighted by Gasteiger charge is 2.15. The molecule has 1 aromatic heterocycles. The van der Waals surface area contributed by atoms with Gasteiger partial charge in [0, 0.05) is 21.6 Å². The van der Waals surface area contributed by atoms with E-state index in [1.54, 1.807) is 12.1 Å². The number of benzene rings is 2. The van der Waals surface area contributed by atoms with Gasteiger partial charge in [-0.2, -0.15) is 0 Å². The smallest absolute Gasteiger partial charge is 0.258 e. The Hall–Kier alpha value is -2.99. The van der Waals surface area contributed by atoms with Crippen molar-refractivity contribution in [1.29, 1.82) is 0 Å². The molecule has 0 saturated heterocycles. The number of carbonyl (C=O) groups is 2. The molecule has 6 heteroatoms. The number of rotatable bonds is 4. The van der Waals surface area contributed by atoms with Crippen molar-refractivity contribution < 1.29 is 14.7 Å². The van der Waals surface area contributed by atoms with Crippen LogP contribution in [-0.4, -0.2) is 16.9 Å². The normalized spacial score (nSPS) is 10.4. The number of anilines is 1. The quantitative estimate of drug-likeness (QED) is 0.793. The summed E-state index contributed by atoms with van der Waals surface area (Å²) in [7, 11) is 0.